The van der Waals surface area contributed by atoms with Crippen molar-refractivity contribution in [2.24, 2.45) is 16.8 Å². The average molecular weight is 355 g/mol. The van der Waals surface area contributed by atoms with Gasteiger partial charge in [0.15, 0.2) is 0 Å². The molecule has 1 fully saturated rings. The predicted molar refractivity (Wildman–Crippen MR) is 102 cm³/mol. The van der Waals surface area contributed by atoms with Crippen molar-refractivity contribution in [2.45, 2.75) is 45.7 Å². The summed E-state index contributed by atoms with van der Waals surface area (Å²) in [5.74, 6) is 0.670. The van der Waals surface area contributed by atoms with Crippen LogP contribution in [0.3, 0.4) is 0 Å². The van der Waals surface area contributed by atoms with E-state index in [2.05, 4.69) is 23.8 Å². The number of nitrogens with zero attached hydrogens (tertiary/aromatic N) is 2. The second-order valence-corrected chi connectivity index (χ2v) is 7.18. The van der Waals surface area contributed by atoms with E-state index in [0.717, 1.165) is 23.0 Å². The quantitative estimate of drug-likeness (QED) is 0.826. The van der Waals surface area contributed by atoms with Gasteiger partial charge in [0.25, 0.3) is 5.56 Å². The summed E-state index contributed by atoms with van der Waals surface area (Å²) in [6.45, 7) is 4.57. The summed E-state index contributed by atoms with van der Waals surface area (Å²) in [4.78, 5) is 31.1. The monoisotopic (exact) mass is 355 g/mol. The largest absolute Gasteiger partial charge is 0.494 e. The number of H-pyrrole nitrogens is 1. The molecule has 0 amide bonds. The van der Waals surface area contributed by atoms with E-state index in [1.54, 1.807) is 0 Å². The minimum Gasteiger partial charge on any atom is -0.494 e. The van der Waals surface area contributed by atoms with Crippen LogP contribution in [0, 0.1) is 11.8 Å². The average Bonchev–Trinajstić information content (AvgIpc) is 2.62. The lowest BCUT2D eigenvalue weighted by atomic mass is 9.78. The summed E-state index contributed by atoms with van der Waals surface area (Å²) < 4.78 is 1.16. The number of aromatic amines is 1. The van der Waals surface area contributed by atoms with E-state index < -0.39 is 11.2 Å². The number of benzene rings is 1. The zero-order valence-corrected chi connectivity index (χ0v) is 15.2. The van der Waals surface area contributed by atoms with Gasteiger partial charge in [0.05, 0.1) is 12.6 Å². The zero-order valence-electron chi connectivity index (χ0n) is 15.2. The molecule has 6 nitrogen and oxygen atoms in total. The van der Waals surface area contributed by atoms with Gasteiger partial charge < -0.3 is 5.11 Å². The highest BCUT2D eigenvalue weighted by Gasteiger charge is 2.26. The lowest BCUT2D eigenvalue weighted by Crippen LogP contribution is -2.33. The zero-order chi connectivity index (χ0) is 18.7. The molecule has 138 valence electrons. The van der Waals surface area contributed by atoms with Gasteiger partial charge in [-0.15, -0.1) is 0 Å². The maximum atomic E-state index is 12.2. The molecule has 0 aliphatic heterocycles. The van der Waals surface area contributed by atoms with Crippen LogP contribution >= 0.6 is 0 Å². The fourth-order valence-electron chi connectivity index (χ4n) is 3.54. The molecular formula is C20H25N3O3. The Morgan fingerprint density at radius 1 is 1.23 bits per heavy atom. The number of aromatic hydroxyl groups is 1. The molecular weight excluding hydrogens is 330 g/mol. The van der Waals surface area contributed by atoms with Crippen molar-refractivity contribution in [1.82, 2.24) is 9.55 Å². The predicted octanol–water partition coefficient (Wildman–Crippen LogP) is 2.53. The minimum atomic E-state index is -0.631. The van der Waals surface area contributed by atoms with Crippen LogP contribution in [0.5, 0.6) is 5.88 Å². The van der Waals surface area contributed by atoms with Crippen LogP contribution in [0.2, 0.25) is 0 Å². The van der Waals surface area contributed by atoms with E-state index in [1.807, 2.05) is 30.3 Å². The molecule has 1 aromatic heterocycles. The Balaban J connectivity index is 1.92. The number of hydrogen-bond acceptors (Lipinski definition) is 4. The Morgan fingerprint density at radius 3 is 2.69 bits per heavy atom. The first kappa shape index (κ1) is 18.2. The van der Waals surface area contributed by atoms with Gasteiger partial charge in [-0.1, -0.05) is 57.0 Å². The normalized spacial score (nSPS) is 23.4. The van der Waals surface area contributed by atoms with E-state index in [-0.39, 0.29) is 24.0 Å². The fourth-order valence-corrected chi connectivity index (χ4v) is 3.54. The topological polar surface area (TPSA) is 87.4 Å². The summed E-state index contributed by atoms with van der Waals surface area (Å²) in [6.07, 6.45) is 4.71. The third kappa shape index (κ3) is 3.79. The van der Waals surface area contributed by atoms with Crippen LogP contribution in [0.1, 0.15) is 44.2 Å². The van der Waals surface area contributed by atoms with Crippen molar-refractivity contribution in [3.05, 3.63) is 62.3 Å². The molecule has 1 aliphatic carbocycles. The van der Waals surface area contributed by atoms with Gasteiger partial charge in [-0.05, 0) is 23.8 Å². The van der Waals surface area contributed by atoms with Crippen molar-refractivity contribution in [3.63, 3.8) is 0 Å². The number of hydrogen-bond donors (Lipinski definition) is 2. The molecule has 1 aliphatic rings. The molecule has 3 rings (SSSR count). The number of rotatable bonds is 4. The van der Waals surface area contributed by atoms with E-state index in [1.165, 1.54) is 12.6 Å². The van der Waals surface area contributed by atoms with Gasteiger partial charge in [0.2, 0.25) is 5.88 Å². The molecule has 0 radical (unpaired) electrons. The Morgan fingerprint density at radius 2 is 1.96 bits per heavy atom. The van der Waals surface area contributed by atoms with Gasteiger partial charge in [-0.25, -0.2) is 4.79 Å². The number of aliphatic imine (C=N–C) groups is 1. The van der Waals surface area contributed by atoms with Gasteiger partial charge in [0, 0.05) is 6.21 Å². The van der Waals surface area contributed by atoms with Crippen molar-refractivity contribution >= 4 is 6.21 Å². The van der Waals surface area contributed by atoms with Crippen LogP contribution in [-0.4, -0.2) is 26.9 Å². The molecule has 0 bridgehead atoms. The number of nitrogens with one attached hydrogen (secondary N) is 1. The molecule has 0 spiro atoms. The Kier molecular flexibility index (Phi) is 5.40. The van der Waals surface area contributed by atoms with Crippen molar-refractivity contribution in [1.29, 1.82) is 0 Å². The molecule has 3 atom stereocenters. The van der Waals surface area contributed by atoms with Gasteiger partial charge >= 0.3 is 5.69 Å². The molecule has 0 saturated heterocycles. The number of aromatic nitrogens is 2. The highest BCUT2D eigenvalue weighted by Crippen LogP contribution is 2.31. The van der Waals surface area contributed by atoms with E-state index in [4.69, 9.17) is 0 Å². The van der Waals surface area contributed by atoms with E-state index in [9.17, 15) is 14.7 Å². The fraction of sp³-hybridized carbons (Fsp3) is 0.450. The SMILES string of the molecule is C[C@@H]1[C@H](C)CCC[C@@H]1N=Cc1c(O)n(Cc2ccccc2)c(=O)[nH]c1=O. The van der Waals surface area contributed by atoms with Gasteiger partial charge in [0.1, 0.15) is 5.56 Å². The van der Waals surface area contributed by atoms with Crippen LogP contribution in [0.25, 0.3) is 0 Å². The Labute approximate surface area is 152 Å². The Hall–Kier alpha value is -2.63. The summed E-state index contributed by atoms with van der Waals surface area (Å²) >= 11 is 0. The highest BCUT2D eigenvalue weighted by atomic mass is 16.3. The van der Waals surface area contributed by atoms with E-state index >= 15 is 0 Å². The van der Waals surface area contributed by atoms with Crippen LogP contribution in [-0.2, 0) is 6.54 Å². The standard InChI is InChI=1S/C20H25N3O3/c1-13-7-6-10-17(14(13)2)21-11-16-18(24)22-20(26)23(19(16)25)12-15-8-4-3-5-9-15/h3-5,8-9,11,13-14,17,25H,6-7,10,12H2,1-2H3,(H,22,24,26)/t13-,14-,17+/m1/s1. The molecule has 2 aromatic rings. The van der Waals surface area contributed by atoms with Gasteiger partial charge in [-0.2, -0.15) is 0 Å². The first-order valence-electron chi connectivity index (χ1n) is 9.10. The lowest BCUT2D eigenvalue weighted by molar-refractivity contribution is 0.242. The first-order valence-corrected chi connectivity index (χ1v) is 9.10. The third-order valence-electron chi connectivity index (χ3n) is 5.45. The molecule has 1 saturated carbocycles. The molecule has 6 heteroatoms. The summed E-state index contributed by atoms with van der Waals surface area (Å²) in [5, 5.41) is 10.5. The summed E-state index contributed by atoms with van der Waals surface area (Å²) in [7, 11) is 0. The van der Waals surface area contributed by atoms with Gasteiger partial charge in [-0.3, -0.25) is 19.3 Å². The molecule has 2 N–H and O–H groups in total. The maximum Gasteiger partial charge on any atom is 0.331 e. The summed E-state index contributed by atoms with van der Waals surface area (Å²) in [5.41, 5.74) is -0.356. The third-order valence-corrected chi connectivity index (χ3v) is 5.45. The second-order valence-electron chi connectivity index (χ2n) is 7.18. The van der Waals surface area contributed by atoms with Crippen molar-refractivity contribution in [3.8, 4) is 5.88 Å². The highest BCUT2D eigenvalue weighted by molar-refractivity contribution is 5.82. The van der Waals surface area contributed by atoms with Crippen LogP contribution < -0.4 is 11.2 Å². The van der Waals surface area contributed by atoms with Crippen LogP contribution in [0.4, 0.5) is 0 Å². The first-order chi connectivity index (χ1) is 12.5. The van der Waals surface area contributed by atoms with Crippen LogP contribution in [0.15, 0.2) is 44.9 Å². The lowest BCUT2D eigenvalue weighted by Gasteiger charge is -2.31. The smallest absolute Gasteiger partial charge is 0.331 e. The molecule has 1 aromatic carbocycles. The molecule has 0 unspecified atom stereocenters. The van der Waals surface area contributed by atoms with Crippen molar-refractivity contribution in [2.75, 3.05) is 0 Å². The maximum absolute atomic E-state index is 12.2. The summed E-state index contributed by atoms with van der Waals surface area (Å²) in [6, 6.07) is 9.44. The molecule has 1 heterocycles. The van der Waals surface area contributed by atoms with E-state index in [0.29, 0.717) is 11.8 Å². The minimum absolute atomic E-state index is 0.0333. The van der Waals surface area contributed by atoms with Crippen molar-refractivity contribution < 1.29 is 5.11 Å². The Bertz CT molecular complexity index is 899. The second kappa shape index (κ2) is 7.72. The molecule has 26 heavy (non-hydrogen) atoms.